The number of hydrogen-bond donors (Lipinski definition) is 0. The summed E-state index contributed by atoms with van der Waals surface area (Å²) in [7, 11) is 1.33. The fourth-order valence-electron chi connectivity index (χ4n) is 3.33. The molecule has 1 aromatic carbocycles. The molecule has 1 amide bonds. The van der Waals surface area contributed by atoms with E-state index in [-0.39, 0.29) is 24.5 Å². The van der Waals surface area contributed by atoms with E-state index in [4.69, 9.17) is 9.47 Å². The van der Waals surface area contributed by atoms with Crippen molar-refractivity contribution in [2.24, 2.45) is 0 Å². The van der Waals surface area contributed by atoms with Crippen LogP contribution >= 0.6 is 0 Å². The third-order valence-corrected chi connectivity index (χ3v) is 5.06. The van der Waals surface area contributed by atoms with Crippen molar-refractivity contribution in [3.8, 4) is 16.9 Å². The smallest absolute Gasteiger partial charge is 0.410 e. The number of esters is 1. The first-order valence-electron chi connectivity index (χ1n) is 10.6. The van der Waals surface area contributed by atoms with Gasteiger partial charge in [0.2, 0.25) is 0 Å². The van der Waals surface area contributed by atoms with Crippen molar-refractivity contribution in [3.63, 3.8) is 0 Å². The number of aryl methyl sites for hydroxylation is 1. The largest absolute Gasteiger partial charge is 0.490 e. The molecule has 3 rings (SSSR count). The average molecular weight is 445 g/mol. The normalized spacial score (nSPS) is 15.7. The van der Waals surface area contributed by atoms with Gasteiger partial charge in [0, 0.05) is 24.7 Å². The monoisotopic (exact) mass is 444 g/mol. The van der Waals surface area contributed by atoms with Crippen LogP contribution in [0, 0.1) is 5.82 Å². The molecule has 1 atom stereocenters. The summed E-state index contributed by atoms with van der Waals surface area (Å²) in [5, 5.41) is 0. The summed E-state index contributed by atoms with van der Waals surface area (Å²) >= 11 is 0. The predicted molar refractivity (Wildman–Crippen MR) is 117 cm³/mol. The van der Waals surface area contributed by atoms with E-state index in [9.17, 15) is 14.0 Å². The highest BCUT2D eigenvalue weighted by atomic mass is 19.1. The summed E-state index contributed by atoms with van der Waals surface area (Å²) in [5.41, 5.74) is 1.48. The van der Waals surface area contributed by atoms with Crippen LogP contribution < -0.4 is 4.74 Å². The van der Waals surface area contributed by atoms with Crippen molar-refractivity contribution in [2.45, 2.75) is 51.7 Å². The number of amides is 1. The van der Waals surface area contributed by atoms with Crippen molar-refractivity contribution < 1.29 is 28.2 Å². The molecule has 1 aliphatic rings. The average Bonchev–Trinajstić information content (AvgIpc) is 2.69. The molecule has 2 heterocycles. The van der Waals surface area contributed by atoms with Crippen LogP contribution in [0.5, 0.6) is 5.75 Å². The molecule has 8 heteroatoms. The molecule has 32 heavy (non-hydrogen) atoms. The lowest BCUT2D eigenvalue weighted by Crippen LogP contribution is -2.55. The molecule has 1 fully saturated rings. The first-order valence-corrected chi connectivity index (χ1v) is 10.6. The van der Waals surface area contributed by atoms with Crippen molar-refractivity contribution >= 4 is 12.1 Å². The molecular formula is C24H29FN2O5. The summed E-state index contributed by atoms with van der Waals surface area (Å²) < 4.78 is 30.1. The van der Waals surface area contributed by atoms with Crippen molar-refractivity contribution in [1.82, 2.24) is 9.88 Å². The maximum absolute atomic E-state index is 14.1. The highest BCUT2D eigenvalue weighted by Crippen LogP contribution is 2.27. The topological polar surface area (TPSA) is 78.0 Å². The standard InChI is InChI=1S/C24H29FN2O5/c1-24(2,3)32-23(29)27-8-7-20(27)15-31-21-12-18(13-26-14-21)17-9-16(10-19(25)11-17)5-6-22(28)30-4/h9-14,20H,5-8,15H2,1-4H3. The fraction of sp³-hybridized carbons (Fsp3) is 0.458. The Morgan fingerprint density at radius 3 is 2.59 bits per heavy atom. The Hall–Kier alpha value is -3.16. The number of halogens is 1. The van der Waals surface area contributed by atoms with Gasteiger partial charge in [0.25, 0.3) is 0 Å². The lowest BCUT2D eigenvalue weighted by atomic mass is 10.0. The maximum atomic E-state index is 14.1. The molecule has 7 nitrogen and oxygen atoms in total. The second-order valence-corrected chi connectivity index (χ2v) is 8.76. The third kappa shape index (κ3) is 6.42. The quantitative estimate of drug-likeness (QED) is 0.590. The second-order valence-electron chi connectivity index (χ2n) is 8.76. The Morgan fingerprint density at radius 1 is 1.16 bits per heavy atom. The minimum absolute atomic E-state index is 0.0624. The number of pyridine rings is 1. The lowest BCUT2D eigenvalue weighted by molar-refractivity contribution is -0.140. The lowest BCUT2D eigenvalue weighted by Gasteiger charge is -2.40. The molecule has 0 spiro atoms. The van der Waals surface area contributed by atoms with Crippen LogP contribution in [-0.4, -0.2) is 53.9 Å². The van der Waals surface area contributed by atoms with Gasteiger partial charge in [-0.3, -0.25) is 9.78 Å². The van der Waals surface area contributed by atoms with Gasteiger partial charge in [-0.05, 0) is 62.9 Å². The number of carbonyl (C=O) groups excluding carboxylic acids is 2. The van der Waals surface area contributed by atoms with E-state index in [0.29, 0.717) is 42.0 Å². The van der Waals surface area contributed by atoms with E-state index in [0.717, 1.165) is 6.42 Å². The minimum Gasteiger partial charge on any atom is -0.490 e. The van der Waals surface area contributed by atoms with E-state index < -0.39 is 11.4 Å². The van der Waals surface area contributed by atoms with E-state index >= 15 is 0 Å². The molecule has 1 unspecified atom stereocenters. The van der Waals surface area contributed by atoms with Crippen LogP contribution in [-0.2, 0) is 20.7 Å². The molecule has 1 saturated heterocycles. The van der Waals surface area contributed by atoms with E-state index in [1.165, 1.54) is 19.2 Å². The highest BCUT2D eigenvalue weighted by molar-refractivity contribution is 5.70. The summed E-state index contributed by atoms with van der Waals surface area (Å²) in [4.78, 5) is 29.5. The number of hydrogen-bond acceptors (Lipinski definition) is 6. The number of benzene rings is 1. The van der Waals surface area contributed by atoms with Gasteiger partial charge < -0.3 is 19.1 Å². The maximum Gasteiger partial charge on any atom is 0.410 e. The van der Waals surface area contributed by atoms with Crippen molar-refractivity contribution in [1.29, 1.82) is 0 Å². The van der Waals surface area contributed by atoms with Crippen LogP contribution in [0.15, 0.2) is 36.7 Å². The molecule has 0 saturated carbocycles. The van der Waals surface area contributed by atoms with Crippen LogP contribution in [0.4, 0.5) is 9.18 Å². The Morgan fingerprint density at radius 2 is 1.94 bits per heavy atom. The molecule has 0 N–H and O–H groups in total. The van der Waals surface area contributed by atoms with Gasteiger partial charge in [-0.15, -0.1) is 0 Å². The van der Waals surface area contributed by atoms with Gasteiger partial charge in [-0.25, -0.2) is 9.18 Å². The van der Waals surface area contributed by atoms with Gasteiger partial charge in [0.1, 0.15) is 23.8 Å². The number of likely N-dealkylation sites (tertiary alicyclic amines) is 1. The number of rotatable bonds is 7. The number of aromatic nitrogens is 1. The number of nitrogens with zero attached hydrogens (tertiary/aromatic N) is 2. The van der Waals surface area contributed by atoms with Crippen molar-refractivity contribution in [3.05, 3.63) is 48.0 Å². The van der Waals surface area contributed by atoms with Crippen LogP contribution in [0.1, 0.15) is 39.2 Å². The third-order valence-electron chi connectivity index (χ3n) is 5.06. The van der Waals surface area contributed by atoms with Crippen LogP contribution in [0.3, 0.4) is 0 Å². The minimum atomic E-state index is -0.545. The highest BCUT2D eigenvalue weighted by Gasteiger charge is 2.35. The second kappa shape index (κ2) is 9.97. The Labute approximate surface area is 187 Å². The van der Waals surface area contributed by atoms with E-state index in [2.05, 4.69) is 9.72 Å². The Bertz CT molecular complexity index is 973. The van der Waals surface area contributed by atoms with Gasteiger partial charge in [0.05, 0.1) is 19.3 Å². The number of ether oxygens (including phenoxy) is 3. The molecule has 2 aromatic rings. The van der Waals surface area contributed by atoms with E-state index in [1.807, 2.05) is 26.8 Å². The number of methoxy groups -OCH3 is 1. The fourth-order valence-corrected chi connectivity index (χ4v) is 3.33. The van der Waals surface area contributed by atoms with Crippen LogP contribution in [0.2, 0.25) is 0 Å². The molecule has 0 radical (unpaired) electrons. The zero-order valence-electron chi connectivity index (χ0n) is 18.9. The first kappa shape index (κ1) is 23.5. The van der Waals surface area contributed by atoms with Gasteiger partial charge in [-0.2, -0.15) is 0 Å². The van der Waals surface area contributed by atoms with E-state index in [1.54, 1.807) is 23.4 Å². The summed E-state index contributed by atoms with van der Waals surface area (Å²) in [5.74, 6) is -0.209. The molecule has 1 aromatic heterocycles. The molecule has 172 valence electrons. The molecular weight excluding hydrogens is 415 g/mol. The molecule has 0 bridgehead atoms. The predicted octanol–water partition coefficient (Wildman–Crippen LogP) is 4.38. The zero-order valence-corrected chi connectivity index (χ0v) is 18.9. The Kier molecular flexibility index (Phi) is 7.33. The van der Waals surface area contributed by atoms with Crippen LogP contribution in [0.25, 0.3) is 11.1 Å². The van der Waals surface area contributed by atoms with Gasteiger partial charge in [-0.1, -0.05) is 6.07 Å². The molecule has 0 aliphatic carbocycles. The zero-order chi connectivity index (χ0) is 23.3. The summed E-state index contributed by atoms with van der Waals surface area (Å²) in [6, 6.07) is 6.36. The van der Waals surface area contributed by atoms with Gasteiger partial charge >= 0.3 is 12.1 Å². The number of carbonyl (C=O) groups is 2. The van der Waals surface area contributed by atoms with Crippen molar-refractivity contribution in [2.75, 3.05) is 20.3 Å². The SMILES string of the molecule is COC(=O)CCc1cc(F)cc(-c2cncc(OCC3CCN3C(=O)OC(C)(C)C)c2)c1. The van der Waals surface area contributed by atoms with Gasteiger partial charge in [0.15, 0.2) is 0 Å². The Balaban J connectivity index is 1.64. The summed E-state index contributed by atoms with van der Waals surface area (Å²) in [6.45, 7) is 6.46. The molecule has 1 aliphatic heterocycles. The summed E-state index contributed by atoms with van der Waals surface area (Å²) in [6.07, 6.45) is 4.25. The first-order chi connectivity index (χ1) is 15.1.